The highest BCUT2D eigenvalue weighted by atomic mass is 16.5. The molecule has 0 aromatic heterocycles. The van der Waals surface area contributed by atoms with Crippen LogP contribution in [0.3, 0.4) is 0 Å². The molecule has 20 heavy (non-hydrogen) atoms. The maximum Gasteiger partial charge on any atom is 0.330 e. The molecule has 0 aliphatic rings. The Bertz CT molecular complexity index is 260. The Morgan fingerprint density at radius 2 is 1.50 bits per heavy atom. The summed E-state index contributed by atoms with van der Waals surface area (Å²) in [5, 5.41) is 0. The Kier molecular flexibility index (Phi) is 16.4. The van der Waals surface area contributed by atoms with Crippen LogP contribution in [0.5, 0.6) is 0 Å². The summed E-state index contributed by atoms with van der Waals surface area (Å²) in [7, 11) is 0. The quantitative estimate of drug-likeness (QED) is 0.510. The number of carbonyl (C=O) groups excluding carboxylic acids is 2. The van der Waals surface area contributed by atoms with Crippen molar-refractivity contribution >= 4 is 11.9 Å². The lowest BCUT2D eigenvalue weighted by molar-refractivity contribution is -0.140. The van der Waals surface area contributed by atoms with Gasteiger partial charge in [-0.15, -0.1) is 0 Å². The van der Waals surface area contributed by atoms with Crippen molar-refractivity contribution < 1.29 is 19.1 Å². The first-order valence-corrected chi connectivity index (χ1v) is 6.93. The lowest BCUT2D eigenvalue weighted by Crippen LogP contribution is -2.12. The van der Waals surface area contributed by atoms with Crippen LogP contribution in [-0.4, -0.2) is 38.2 Å². The van der Waals surface area contributed by atoms with Crippen molar-refractivity contribution in [3.8, 4) is 0 Å². The van der Waals surface area contributed by atoms with Crippen molar-refractivity contribution in [1.29, 1.82) is 0 Å². The molecule has 0 rings (SSSR count). The summed E-state index contributed by atoms with van der Waals surface area (Å²) >= 11 is 0. The Labute approximate surface area is 121 Å². The van der Waals surface area contributed by atoms with Gasteiger partial charge in [0.1, 0.15) is 0 Å². The third-order valence-corrected chi connectivity index (χ3v) is 2.23. The summed E-state index contributed by atoms with van der Waals surface area (Å²) < 4.78 is 9.07. The fraction of sp³-hybridized carbons (Fsp3) is 0.714. The summed E-state index contributed by atoms with van der Waals surface area (Å²) in [5.74, 6) is -0.422. The largest absolute Gasteiger partial charge is 0.463 e. The van der Waals surface area contributed by atoms with E-state index in [1.807, 2.05) is 0 Å². The van der Waals surface area contributed by atoms with Crippen LogP contribution in [0.25, 0.3) is 0 Å². The highest BCUT2D eigenvalue weighted by molar-refractivity contribution is 5.91. The molecule has 0 spiro atoms. The van der Waals surface area contributed by atoms with Crippen LogP contribution >= 0.6 is 0 Å². The molecule has 6 heteroatoms. The van der Waals surface area contributed by atoms with Crippen molar-refractivity contribution in [2.45, 2.75) is 33.6 Å². The van der Waals surface area contributed by atoms with Gasteiger partial charge in [-0.1, -0.05) is 6.92 Å². The van der Waals surface area contributed by atoms with Gasteiger partial charge in [-0.25, -0.2) is 9.59 Å². The van der Waals surface area contributed by atoms with Crippen LogP contribution in [-0.2, 0) is 19.1 Å². The van der Waals surface area contributed by atoms with Crippen molar-refractivity contribution in [2.75, 3.05) is 26.3 Å². The zero-order valence-electron chi connectivity index (χ0n) is 12.8. The van der Waals surface area contributed by atoms with Crippen LogP contribution in [0.1, 0.15) is 33.6 Å². The van der Waals surface area contributed by atoms with Gasteiger partial charge >= 0.3 is 11.9 Å². The normalized spacial score (nSPS) is 11.4. The lowest BCUT2D eigenvalue weighted by atomic mass is 10.1. The van der Waals surface area contributed by atoms with E-state index < -0.39 is 11.9 Å². The smallest absolute Gasteiger partial charge is 0.330 e. The van der Waals surface area contributed by atoms with Gasteiger partial charge in [0.05, 0.1) is 13.2 Å². The summed E-state index contributed by atoms with van der Waals surface area (Å²) in [6.07, 6.45) is 4.37. The minimum absolute atomic E-state index is 0.298. The Balaban J connectivity index is 0. The fourth-order valence-corrected chi connectivity index (χ4v) is 1.10. The number of hydrogen-bond acceptors (Lipinski definition) is 6. The standard InChI is InChI=1S/C8H12O4.C6H16N2/c1-3-11-7(9)5-6-8(10)12-4-2;1-6(5-8)3-2-4-7/h5-6H,3-4H2,1-2H3;6H,2-5,7-8H2,1H3/b6-5-;. The van der Waals surface area contributed by atoms with Gasteiger partial charge < -0.3 is 20.9 Å². The molecule has 0 bridgehead atoms. The summed E-state index contributed by atoms with van der Waals surface area (Å²) in [5.41, 5.74) is 10.7. The van der Waals surface area contributed by atoms with Crippen LogP contribution < -0.4 is 11.5 Å². The van der Waals surface area contributed by atoms with Crippen molar-refractivity contribution in [1.82, 2.24) is 0 Å². The molecular weight excluding hydrogens is 260 g/mol. The molecule has 0 radical (unpaired) electrons. The van der Waals surface area contributed by atoms with Gasteiger partial charge in [-0.3, -0.25) is 0 Å². The summed E-state index contributed by atoms with van der Waals surface area (Å²) in [4.78, 5) is 21.3. The SMILES string of the molecule is CC(CN)CCCN.CCOC(=O)/C=C\C(=O)OCC. The maximum absolute atomic E-state index is 10.6. The third-order valence-electron chi connectivity index (χ3n) is 2.23. The van der Waals surface area contributed by atoms with E-state index in [4.69, 9.17) is 11.5 Å². The van der Waals surface area contributed by atoms with E-state index in [9.17, 15) is 9.59 Å². The predicted octanol–water partition coefficient (Wildman–Crippen LogP) is 0.989. The van der Waals surface area contributed by atoms with Gasteiger partial charge in [0.15, 0.2) is 0 Å². The van der Waals surface area contributed by atoms with Gasteiger partial charge in [0.2, 0.25) is 0 Å². The van der Waals surface area contributed by atoms with Crippen molar-refractivity contribution in [3.63, 3.8) is 0 Å². The van der Waals surface area contributed by atoms with E-state index in [0.717, 1.165) is 31.7 Å². The van der Waals surface area contributed by atoms with Gasteiger partial charge in [-0.05, 0) is 45.7 Å². The fourth-order valence-electron chi connectivity index (χ4n) is 1.10. The minimum Gasteiger partial charge on any atom is -0.463 e. The molecule has 0 heterocycles. The molecule has 1 atom stereocenters. The van der Waals surface area contributed by atoms with Crippen LogP contribution in [0.15, 0.2) is 12.2 Å². The molecule has 6 nitrogen and oxygen atoms in total. The molecule has 0 amide bonds. The maximum atomic E-state index is 10.6. The number of carbonyl (C=O) groups is 2. The van der Waals surface area contributed by atoms with E-state index in [1.54, 1.807) is 13.8 Å². The number of nitrogens with two attached hydrogens (primary N) is 2. The van der Waals surface area contributed by atoms with Crippen LogP contribution in [0, 0.1) is 5.92 Å². The molecule has 0 aliphatic heterocycles. The molecule has 0 aliphatic carbocycles. The zero-order valence-corrected chi connectivity index (χ0v) is 12.8. The highest BCUT2D eigenvalue weighted by Gasteiger charge is 1.97. The molecule has 118 valence electrons. The third kappa shape index (κ3) is 16.6. The molecule has 0 saturated carbocycles. The zero-order chi connectivity index (χ0) is 15.8. The van der Waals surface area contributed by atoms with E-state index in [-0.39, 0.29) is 0 Å². The van der Waals surface area contributed by atoms with Crippen LogP contribution in [0.2, 0.25) is 0 Å². The average molecular weight is 288 g/mol. The Hall–Kier alpha value is -1.40. The summed E-state index contributed by atoms with van der Waals surface area (Å²) in [6, 6.07) is 0. The van der Waals surface area contributed by atoms with Gasteiger partial charge in [-0.2, -0.15) is 0 Å². The van der Waals surface area contributed by atoms with E-state index in [0.29, 0.717) is 19.1 Å². The van der Waals surface area contributed by atoms with Crippen molar-refractivity contribution in [2.24, 2.45) is 17.4 Å². The molecular formula is C14H28N2O4. The first-order chi connectivity index (χ1) is 9.51. The average Bonchev–Trinajstić information content (AvgIpc) is 2.44. The topological polar surface area (TPSA) is 105 Å². The van der Waals surface area contributed by atoms with Crippen LogP contribution in [0.4, 0.5) is 0 Å². The lowest BCUT2D eigenvalue weighted by Gasteiger charge is -2.04. The second kappa shape index (κ2) is 15.7. The highest BCUT2D eigenvalue weighted by Crippen LogP contribution is 2.00. The van der Waals surface area contributed by atoms with E-state index in [2.05, 4.69) is 16.4 Å². The molecule has 1 unspecified atom stereocenters. The number of hydrogen-bond donors (Lipinski definition) is 2. The second-order valence-corrected chi connectivity index (χ2v) is 4.11. The van der Waals surface area contributed by atoms with E-state index >= 15 is 0 Å². The van der Waals surface area contributed by atoms with E-state index in [1.165, 1.54) is 6.42 Å². The van der Waals surface area contributed by atoms with Crippen molar-refractivity contribution in [3.05, 3.63) is 12.2 Å². The monoisotopic (exact) mass is 288 g/mol. The summed E-state index contributed by atoms with van der Waals surface area (Å²) in [6.45, 7) is 7.71. The number of rotatable bonds is 8. The first kappa shape index (κ1) is 20.9. The second-order valence-electron chi connectivity index (χ2n) is 4.11. The molecule has 0 fully saturated rings. The molecule has 0 aromatic rings. The first-order valence-electron chi connectivity index (χ1n) is 6.93. The number of esters is 2. The Morgan fingerprint density at radius 1 is 1.05 bits per heavy atom. The number of ether oxygens (including phenoxy) is 2. The molecule has 4 N–H and O–H groups in total. The molecule has 0 saturated heterocycles. The molecule has 0 aromatic carbocycles. The minimum atomic E-state index is -0.537. The Morgan fingerprint density at radius 3 is 1.80 bits per heavy atom. The van der Waals surface area contributed by atoms with Gasteiger partial charge in [0.25, 0.3) is 0 Å². The predicted molar refractivity (Wildman–Crippen MR) is 78.9 cm³/mol. The van der Waals surface area contributed by atoms with Gasteiger partial charge in [0, 0.05) is 12.2 Å².